The fourth-order valence-corrected chi connectivity index (χ4v) is 3.72. The van der Waals surface area contributed by atoms with Gasteiger partial charge in [0.15, 0.2) is 6.10 Å². The molecule has 0 spiro atoms. The summed E-state index contributed by atoms with van der Waals surface area (Å²) in [6.07, 6.45) is -0.663. The van der Waals surface area contributed by atoms with Crippen LogP contribution in [0.1, 0.15) is 18.1 Å². The molecule has 0 fully saturated rings. The summed E-state index contributed by atoms with van der Waals surface area (Å²) in [6, 6.07) is 17.0. The largest absolute Gasteiger partial charge is 0.467 e. The van der Waals surface area contributed by atoms with Crippen molar-refractivity contribution in [2.24, 2.45) is 0 Å². The fraction of sp³-hybridized carbons (Fsp3) is 0.300. The number of methoxy groups -OCH3 is 2. The highest BCUT2D eigenvalue weighted by atomic mass is 32.2. The summed E-state index contributed by atoms with van der Waals surface area (Å²) in [7, 11) is 1.40. The Kier molecular flexibility index (Phi) is 8.16. The van der Waals surface area contributed by atoms with Crippen molar-refractivity contribution in [3.63, 3.8) is 0 Å². The Bertz CT molecular complexity index is 766. The van der Waals surface area contributed by atoms with Crippen LogP contribution in [0.25, 0.3) is 0 Å². The van der Waals surface area contributed by atoms with Gasteiger partial charge >= 0.3 is 5.97 Å². The van der Waals surface area contributed by atoms with Crippen LogP contribution in [0.5, 0.6) is 0 Å². The van der Waals surface area contributed by atoms with Gasteiger partial charge in [0, 0.05) is 17.8 Å². The van der Waals surface area contributed by atoms with E-state index in [0.717, 1.165) is 0 Å². The summed E-state index contributed by atoms with van der Waals surface area (Å²) >= 11 is 0. The monoisotopic (exact) mass is 389 g/mol. The number of carbonyl (C=O) groups is 2. The standard InChI is InChI=1S/C20H23NO5S/c1-25-18(15-9-5-3-6-10-15)19(22)21-17(20(23)26-2)13-14-27(24)16-11-7-4-8-12-16/h3-12,17-18H,13-14H2,1-2H3,(H,21,22)/t17-,18+,27-/m0/s1. The number of ether oxygens (including phenoxy) is 2. The van der Waals surface area contributed by atoms with E-state index in [1.54, 1.807) is 48.5 Å². The van der Waals surface area contributed by atoms with Crippen LogP contribution in [-0.4, -0.2) is 42.1 Å². The normalized spacial score (nSPS) is 14.0. The van der Waals surface area contributed by atoms with E-state index < -0.39 is 34.8 Å². The van der Waals surface area contributed by atoms with E-state index in [2.05, 4.69) is 5.32 Å². The third-order valence-electron chi connectivity index (χ3n) is 3.98. The summed E-state index contributed by atoms with van der Waals surface area (Å²) < 4.78 is 22.4. The number of esters is 1. The summed E-state index contributed by atoms with van der Waals surface area (Å²) in [5.41, 5.74) is 0.675. The van der Waals surface area contributed by atoms with Gasteiger partial charge in [-0.25, -0.2) is 4.79 Å². The van der Waals surface area contributed by atoms with Gasteiger partial charge < -0.3 is 14.8 Å². The van der Waals surface area contributed by atoms with Crippen molar-refractivity contribution in [3.8, 4) is 0 Å². The molecule has 0 radical (unpaired) electrons. The number of carbonyl (C=O) groups excluding carboxylic acids is 2. The van der Waals surface area contributed by atoms with E-state index in [1.807, 2.05) is 12.1 Å². The molecule has 0 unspecified atom stereocenters. The molecule has 2 aromatic rings. The van der Waals surface area contributed by atoms with E-state index in [-0.39, 0.29) is 12.2 Å². The van der Waals surface area contributed by atoms with Crippen molar-refractivity contribution in [1.29, 1.82) is 0 Å². The summed E-state index contributed by atoms with van der Waals surface area (Å²) in [5.74, 6) is -0.825. The predicted octanol–water partition coefficient (Wildman–Crippen LogP) is 2.23. The van der Waals surface area contributed by atoms with Gasteiger partial charge in [-0.3, -0.25) is 9.00 Å². The molecule has 1 amide bonds. The molecule has 27 heavy (non-hydrogen) atoms. The fourth-order valence-electron chi connectivity index (χ4n) is 2.58. The molecule has 0 aromatic heterocycles. The molecule has 0 aliphatic rings. The SMILES string of the molecule is COC(=O)[C@H](CC[S@](=O)c1ccccc1)NC(=O)[C@H](OC)c1ccccc1. The van der Waals surface area contributed by atoms with Crippen molar-refractivity contribution in [3.05, 3.63) is 66.2 Å². The lowest BCUT2D eigenvalue weighted by molar-refractivity contribution is -0.146. The van der Waals surface area contributed by atoms with Gasteiger partial charge in [0.1, 0.15) is 6.04 Å². The summed E-state index contributed by atoms with van der Waals surface area (Å²) in [4.78, 5) is 25.3. The topological polar surface area (TPSA) is 81.7 Å². The van der Waals surface area contributed by atoms with Crippen molar-refractivity contribution >= 4 is 22.7 Å². The Labute approximate surface area is 161 Å². The van der Waals surface area contributed by atoms with Gasteiger partial charge in [0.25, 0.3) is 5.91 Å². The third kappa shape index (κ3) is 6.01. The first-order valence-electron chi connectivity index (χ1n) is 8.46. The molecule has 0 aliphatic heterocycles. The van der Waals surface area contributed by atoms with E-state index in [1.165, 1.54) is 14.2 Å². The lowest BCUT2D eigenvalue weighted by atomic mass is 10.1. The Morgan fingerprint density at radius 1 is 1.00 bits per heavy atom. The minimum atomic E-state index is -1.28. The van der Waals surface area contributed by atoms with Crippen LogP contribution in [0.15, 0.2) is 65.6 Å². The number of rotatable bonds is 9. The average Bonchev–Trinajstić information content (AvgIpc) is 2.72. The summed E-state index contributed by atoms with van der Waals surface area (Å²) in [6.45, 7) is 0. The molecule has 7 heteroatoms. The Hall–Kier alpha value is -2.51. The van der Waals surface area contributed by atoms with E-state index in [4.69, 9.17) is 9.47 Å². The van der Waals surface area contributed by atoms with Crippen LogP contribution in [0.2, 0.25) is 0 Å². The van der Waals surface area contributed by atoms with Gasteiger partial charge in [-0.05, 0) is 24.1 Å². The molecule has 144 valence electrons. The number of benzene rings is 2. The molecule has 0 aliphatic carbocycles. The number of amides is 1. The highest BCUT2D eigenvalue weighted by Gasteiger charge is 2.27. The Morgan fingerprint density at radius 3 is 2.15 bits per heavy atom. The van der Waals surface area contributed by atoms with Crippen LogP contribution < -0.4 is 5.32 Å². The van der Waals surface area contributed by atoms with Gasteiger partial charge in [0.2, 0.25) is 0 Å². The van der Waals surface area contributed by atoms with Crippen LogP contribution in [0.3, 0.4) is 0 Å². The van der Waals surface area contributed by atoms with E-state index >= 15 is 0 Å². The zero-order chi connectivity index (χ0) is 19.6. The van der Waals surface area contributed by atoms with Crippen molar-refractivity contribution < 1.29 is 23.3 Å². The van der Waals surface area contributed by atoms with Gasteiger partial charge in [-0.1, -0.05) is 48.5 Å². The molecule has 0 bridgehead atoms. The first-order chi connectivity index (χ1) is 13.1. The second-order valence-electron chi connectivity index (χ2n) is 5.76. The molecular formula is C20H23NO5S. The maximum atomic E-state index is 12.6. The van der Waals surface area contributed by atoms with Gasteiger partial charge in [-0.15, -0.1) is 0 Å². The highest BCUT2D eigenvalue weighted by molar-refractivity contribution is 7.85. The van der Waals surface area contributed by atoms with E-state index in [9.17, 15) is 13.8 Å². The second-order valence-corrected chi connectivity index (χ2v) is 7.33. The Balaban J connectivity index is 2.04. The quantitative estimate of drug-likeness (QED) is 0.665. The second kappa shape index (κ2) is 10.6. The minimum absolute atomic E-state index is 0.186. The molecule has 3 atom stereocenters. The lowest BCUT2D eigenvalue weighted by Crippen LogP contribution is -2.44. The van der Waals surface area contributed by atoms with Crippen molar-refractivity contribution in [2.45, 2.75) is 23.5 Å². The smallest absolute Gasteiger partial charge is 0.328 e. The molecular weight excluding hydrogens is 366 g/mol. The van der Waals surface area contributed by atoms with Crippen LogP contribution in [0.4, 0.5) is 0 Å². The predicted molar refractivity (Wildman–Crippen MR) is 102 cm³/mol. The van der Waals surface area contributed by atoms with E-state index in [0.29, 0.717) is 10.5 Å². The summed E-state index contributed by atoms with van der Waals surface area (Å²) in [5, 5.41) is 2.65. The van der Waals surface area contributed by atoms with Crippen molar-refractivity contribution in [1.82, 2.24) is 5.32 Å². The first-order valence-corrected chi connectivity index (χ1v) is 9.78. The molecule has 2 aromatic carbocycles. The molecule has 6 nitrogen and oxygen atoms in total. The molecule has 0 saturated heterocycles. The number of nitrogens with one attached hydrogen (secondary N) is 1. The molecule has 0 heterocycles. The van der Waals surface area contributed by atoms with Crippen LogP contribution in [-0.2, 0) is 29.9 Å². The maximum Gasteiger partial charge on any atom is 0.328 e. The Morgan fingerprint density at radius 2 is 1.59 bits per heavy atom. The van der Waals surface area contributed by atoms with Crippen LogP contribution >= 0.6 is 0 Å². The third-order valence-corrected chi connectivity index (χ3v) is 5.38. The van der Waals surface area contributed by atoms with Crippen molar-refractivity contribution in [2.75, 3.05) is 20.0 Å². The number of hydrogen-bond acceptors (Lipinski definition) is 5. The zero-order valence-corrected chi connectivity index (χ0v) is 16.1. The lowest BCUT2D eigenvalue weighted by Gasteiger charge is -2.20. The minimum Gasteiger partial charge on any atom is -0.467 e. The highest BCUT2D eigenvalue weighted by Crippen LogP contribution is 2.17. The molecule has 1 N–H and O–H groups in total. The zero-order valence-electron chi connectivity index (χ0n) is 15.3. The molecule has 2 rings (SSSR count). The maximum absolute atomic E-state index is 12.6. The van der Waals surface area contributed by atoms with Gasteiger partial charge in [0.05, 0.1) is 17.9 Å². The van der Waals surface area contributed by atoms with Crippen LogP contribution in [0, 0.1) is 0 Å². The number of hydrogen-bond donors (Lipinski definition) is 1. The van der Waals surface area contributed by atoms with Gasteiger partial charge in [-0.2, -0.15) is 0 Å². The molecule has 0 saturated carbocycles. The first kappa shape index (κ1) is 20.8. The average molecular weight is 389 g/mol.